The number of halogens is 1. The van der Waals surface area contributed by atoms with Crippen LogP contribution >= 0.6 is 15.9 Å². The highest BCUT2D eigenvalue weighted by Crippen LogP contribution is 2.27. The summed E-state index contributed by atoms with van der Waals surface area (Å²) in [4.78, 5) is 16.9. The quantitative estimate of drug-likeness (QED) is 0.836. The van der Waals surface area contributed by atoms with Crippen molar-refractivity contribution in [2.75, 3.05) is 26.7 Å². The van der Waals surface area contributed by atoms with E-state index in [1.165, 1.54) is 11.8 Å². The van der Waals surface area contributed by atoms with E-state index >= 15 is 0 Å². The van der Waals surface area contributed by atoms with Gasteiger partial charge in [0.2, 0.25) is 0 Å². The molecule has 110 valence electrons. The largest absolute Gasteiger partial charge is 0.457 e. The van der Waals surface area contributed by atoms with Gasteiger partial charge in [0.15, 0.2) is 4.67 Å². The van der Waals surface area contributed by atoms with Gasteiger partial charge in [-0.2, -0.15) is 0 Å². The molecule has 0 saturated carbocycles. The van der Waals surface area contributed by atoms with Crippen molar-refractivity contribution in [2.24, 2.45) is 0 Å². The third-order valence-corrected chi connectivity index (χ3v) is 4.26. The van der Waals surface area contributed by atoms with Crippen LogP contribution in [0, 0.1) is 0 Å². The summed E-state index contributed by atoms with van der Waals surface area (Å²) in [6.07, 6.45) is 1.51. The first kappa shape index (κ1) is 14.4. The Morgan fingerprint density at radius 1 is 1.29 bits per heavy atom. The Balaban J connectivity index is 1.89. The summed E-state index contributed by atoms with van der Waals surface area (Å²) < 4.78 is 5.78. The molecule has 3 rings (SSSR count). The SMILES string of the molecule is CN1CCN(C(=O)c2coc(Br)c2)[C@H](c2ccccc2)C1. The molecule has 0 unspecified atom stereocenters. The number of rotatable bonds is 2. The molecule has 2 heterocycles. The highest BCUT2D eigenvalue weighted by molar-refractivity contribution is 9.10. The molecule has 1 aliphatic heterocycles. The fraction of sp³-hybridized carbons (Fsp3) is 0.312. The van der Waals surface area contributed by atoms with E-state index < -0.39 is 0 Å². The Kier molecular flexibility index (Phi) is 4.12. The van der Waals surface area contributed by atoms with E-state index in [9.17, 15) is 4.79 Å². The maximum absolute atomic E-state index is 12.7. The van der Waals surface area contributed by atoms with Crippen molar-refractivity contribution in [3.63, 3.8) is 0 Å². The standard InChI is InChI=1S/C16H17BrN2O2/c1-18-7-8-19(16(20)13-9-15(17)21-11-13)14(10-18)12-5-3-2-4-6-12/h2-6,9,11,14H,7-8,10H2,1H3/t14-/m0/s1. The highest BCUT2D eigenvalue weighted by Gasteiger charge is 2.31. The number of benzene rings is 1. The van der Waals surface area contributed by atoms with Gasteiger partial charge in [0.25, 0.3) is 5.91 Å². The second kappa shape index (κ2) is 6.03. The predicted molar refractivity (Wildman–Crippen MR) is 84.1 cm³/mol. The summed E-state index contributed by atoms with van der Waals surface area (Å²) in [5.74, 6) is 0.0198. The molecule has 0 N–H and O–H groups in total. The van der Waals surface area contributed by atoms with Gasteiger partial charge in [0.05, 0.1) is 11.6 Å². The number of carbonyl (C=O) groups excluding carboxylic acids is 1. The predicted octanol–water partition coefficient (Wildman–Crippen LogP) is 3.17. The number of piperazine rings is 1. The summed E-state index contributed by atoms with van der Waals surface area (Å²) in [5, 5.41) is 0. The minimum atomic E-state index is 0.0198. The monoisotopic (exact) mass is 348 g/mol. The highest BCUT2D eigenvalue weighted by atomic mass is 79.9. The molecule has 0 spiro atoms. The van der Waals surface area contributed by atoms with Gasteiger partial charge in [0, 0.05) is 25.7 Å². The summed E-state index contributed by atoms with van der Waals surface area (Å²) >= 11 is 3.25. The lowest BCUT2D eigenvalue weighted by molar-refractivity contribution is 0.0497. The van der Waals surface area contributed by atoms with Crippen LogP contribution < -0.4 is 0 Å². The number of hydrogen-bond donors (Lipinski definition) is 0. The molecule has 0 radical (unpaired) electrons. The Hall–Kier alpha value is -1.59. The Morgan fingerprint density at radius 3 is 2.71 bits per heavy atom. The molecule has 2 aromatic rings. The number of furan rings is 1. The van der Waals surface area contributed by atoms with Gasteiger partial charge in [-0.25, -0.2) is 0 Å². The van der Waals surface area contributed by atoms with Crippen molar-refractivity contribution in [1.29, 1.82) is 0 Å². The zero-order chi connectivity index (χ0) is 14.8. The average molecular weight is 349 g/mol. The number of likely N-dealkylation sites (N-methyl/N-ethyl adjacent to an activating group) is 1. The smallest absolute Gasteiger partial charge is 0.257 e. The van der Waals surface area contributed by atoms with Gasteiger partial charge in [-0.15, -0.1) is 0 Å². The molecule has 4 nitrogen and oxygen atoms in total. The normalized spacial score (nSPS) is 19.7. The molecular formula is C16H17BrN2O2. The molecule has 1 aliphatic rings. The zero-order valence-electron chi connectivity index (χ0n) is 11.8. The fourth-order valence-corrected chi connectivity index (χ4v) is 3.05. The van der Waals surface area contributed by atoms with Crippen LogP contribution in [0.1, 0.15) is 22.0 Å². The van der Waals surface area contributed by atoms with Gasteiger partial charge >= 0.3 is 0 Å². The lowest BCUT2D eigenvalue weighted by Gasteiger charge is -2.40. The topological polar surface area (TPSA) is 36.7 Å². The summed E-state index contributed by atoms with van der Waals surface area (Å²) in [6.45, 7) is 2.45. The maximum atomic E-state index is 12.7. The minimum absolute atomic E-state index is 0.0198. The molecule has 1 aromatic carbocycles. The molecule has 0 aliphatic carbocycles. The maximum Gasteiger partial charge on any atom is 0.257 e. The van der Waals surface area contributed by atoms with Gasteiger partial charge in [-0.1, -0.05) is 30.3 Å². The molecule has 21 heavy (non-hydrogen) atoms. The van der Waals surface area contributed by atoms with E-state index in [-0.39, 0.29) is 11.9 Å². The summed E-state index contributed by atoms with van der Waals surface area (Å²) in [5.41, 5.74) is 1.76. The van der Waals surface area contributed by atoms with E-state index in [1.807, 2.05) is 23.1 Å². The van der Waals surface area contributed by atoms with Crippen molar-refractivity contribution in [3.8, 4) is 0 Å². The van der Waals surface area contributed by atoms with Crippen LogP contribution in [0.15, 0.2) is 51.7 Å². The van der Waals surface area contributed by atoms with Crippen LogP contribution in [0.25, 0.3) is 0 Å². The number of hydrogen-bond acceptors (Lipinski definition) is 3. The number of carbonyl (C=O) groups is 1. The van der Waals surface area contributed by atoms with Crippen LogP contribution in [-0.2, 0) is 0 Å². The first-order chi connectivity index (χ1) is 10.1. The van der Waals surface area contributed by atoms with Crippen LogP contribution in [0.2, 0.25) is 0 Å². The van der Waals surface area contributed by atoms with E-state index in [1.54, 1.807) is 6.07 Å². The van der Waals surface area contributed by atoms with Crippen molar-refractivity contribution in [1.82, 2.24) is 9.80 Å². The molecule has 5 heteroatoms. The Labute approximate surface area is 132 Å². The van der Waals surface area contributed by atoms with Gasteiger partial charge < -0.3 is 14.2 Å². The number of amides is 1. The van der Waals surface area contributed by atoms with Crippen molar-refractivity contribution >= 4 is 21.8 Å². The number of nitrogens with zero attached hydrogens (tertiary/aromatic N) is 2. The Morgan fingerprint density at radius 2 is 2.05 bits per heavy atom. The Bertz CT molecular complexity index is 626. The molecule has 1 aromatic heterocycles. The van der Waals surface area contributed by atoms with E-state index in [4.69, 9.17) is 4.42 Å². The summed E-state index contributed by atoms with van der Waals surface area (Å²) in [7, 11) is 2.09. The summed E-state index contributed by atoms with van der Waals surface area (Å²) in [6, 6.07) is 12.0. The first-order valence-electron chi connectivity index (χ1n) is 6.93. The second-order valence-electron chi connectivity index (χ2n) is 5.33. The van der Waals surface area contributed by atoms with E-state index in [2.05, 4.69) is 40.0 Å². The van der Waals surface area contributed by atoms with Crippen LogP contribution in [0.5, 0.6) is 0 Å². The molecule has 1 atom stereocenters. The van der Waals surface area contributed by atoms with Crippen LogP contribution in [-0.4, -0.2) is 42.4 Å². The average Bonchev–Trinajstić information content (AvgIpc) is 2.94. The minimum Gasteiger partial charge on any atom is -0.457 e. The molecular weight excluding hydrogens is 332 g/mol. The van der Waals surface area contributed by atoms with Gasteiger partial charge in [-0.05, 0) is 28.5 Å². The van der Waals surface area contributed by atoms with Crippen LogP contribution in [0.3, 0.4) is 0 Å². The van der Waals surface area contributed by atoms with Gasteiger partial charge in [-0.3, -0.25) is 4.79 Å². The third kappa shape index (κ3) is 3.04. The molecule has 0 bridgehead atoms. The first-order valence-corrected chi connectivity index (χ1v) is 7.73. The lowest BCUT2D eigenvalue weighted by atomic mass is 10.0. The third-order valence-electron chi connectivity index (χ3n) is 3.84. The fourth-order valence-electron chi connectivity index (χ4n) is 2.71. The van der Waals surface area contributed by atoms with Crippen molar-refractivity contribution in [2.45, 2.75) is 6.04 Å². The van der Waals surface area contributed by atoms with Crippen molar-refractivity contribution < 1.29 is 9.21 Å². The van der Waals surface area contributed by atoms with Crippen molar-refractivity contribution in [3.05, 3.63) is 58.5 Å². The zero-order valence-corrected chi connectivity index (χ0v) is 13.4. The van der Waals surface area contributed by atoms with E-state index in [0.717, 1.165) is 19.6 Å². The molecule has 1 fully saturated rings. The second-order valence-corrected chi connectivity index (χ2v) is 6.11. The van der Waals surface area contributed by atoms with E-state index in [0.29, 0.717) is 10.2 Å². The lowest BCUT2D eigenvalue weighted by Crippen LogP contribution is -2.49. The van der Waals surface area contributed by atoms with Crippen LogP contribution in [0.4, 0.5) is 0 Å². The molecule has 1 amide bonds. The molecule has 1 saturated heterocycles. The van der Waals surface area contributed by atoms with Gasteiger partial charge in [0.1, 0.15) is 6.26 Å².